The average Bonchev–Trinajstić information content (AvgIpc) is 3.58. The maximum Gasteiger partial charge on any atom is 0.251 e. The first-order chi connectivity index (χ1) is 17.7. The topological polar surface area (TPSA) is 93.0 Å². The van der Waals surface area contributed by atoms with Crippen molar-refractivity contribution >= 4 is 23.2 Å². The Morgan fingerprint density at radius 1 is 0.944 bits per heavy atom. The summed E-state index contributed by atoms with van der Waals surface area (Å²) in [5.74, 6) is 1.84. The van der Waals surface area contributed by atoms with Crippen LogP contribution in [0, 0.1) is 0 Å². The number of ether oxygens (including phenoxy) is 2. The molecule has 1 amide bonds. The lowest BCUT2D eigenvalue weighted by atomic mass is 10.1. The summed E-state index contributed by atoms with van der Waals surface area (Å²) in [6.45, 7) is 4.87. The van der Waals surface area contributed by atoms with Gasteiger partial charge < -0.3 is 25.0 Å². The molecule has 2 N–H and O–H groups in total. The van der Waals surface area contributed by atoms with Crippen molar-refractivity contribution in [2.75, 3.05) is 44.7 Å². The third kappa shape index (κ3) is 4.70. The highest BCUT2D eigenvalue weighted by Crippen LogP contribution is 2.34. The Bertz CT molecular complexity index is 1400. The Kier molecular flexibility index (Phi) is 6.13. The van der Waals surface area contributed by atoms with Crippen LogP contribution >= 0.6 is 0 Å². The second-order valence-corrected chi connectivity index (χ2v) is 8.99. The van der Waals surface area contributed by atoms with Gasteiger partial charge in [-0.15, -0.1) is 5.10 Å². The highest BCUT2D eigenvalue weighted by molar-refractivity contribution is 5.95. The number of likely N-dealkylation sites (tertiary alicyclic amines) is 1. The molecule has 2 aromatic carbocycles. The van der Waals surface area contributed by atoms with Gasteiger partial charge in [0.15, 0.2) is 17.1 Å². The fraction of sp³-hybridized carbons (Fsp3) is 0.296. The van der Waals surface area contributed by atoms with Gasteiger partial charge in [-0.2, -0.15) is 4.98 Å². The van der Waals surface area contributed by atoms with Gasteiger partial charge in [0, 0.05) is 29.9 Å². The predicted octanol–water partition coefficient (Wildman–Crippen LogP) is 3.74. The Morgan fingerprint density at radius 3 is 2.67 bits per heavy atom. The molecule has 9 nitrogen and oxygen atoms in total. The van der Waals surface area contributed by atoms with Crippen molar-refractivity contribution < 1.29 is 14.3 Å². The van der Waals surface area contributed by atoms with Crippen molar-refractivity contribution in [1.29, 1.82) is 0 Å². The van der Waals surface area contributed by atoms with Crippen molar-refractivity contribution in [3.63, 3.8) is 0 Å². The van der Waals surface area contributed by atoms with Crippen molar-refractivity contribution in [3.05, 3.63) is 66.2 Å². The third-order valence-corrected chi connectivity index (χ3v) is 6.49. The van der Waals surface area contributed by atoms with E-state index >= 15 is 0 Å². The summed E-state index contributed by atoms with van der Waals surface area (Å²) >= 11 is 0. The molecule has 36 heavy (non-hydrogen) atoms. The van der Waals surface area contributed by atoms with Crippen LogP contribution in [0.5, 0.6) is 11.5 Å². The molecule has 2 aliphatic rings. The lowest BCUT2D eigenvalue weighted by Crippen LogP contribution is -2.33. The molecule has 2 aromatic heterocycles. The summed E-state index contributed by atoms with van der Waals surface area (Å²) in [6.07, 6.45) is 2.49. The summed E-state index contributed by atoms with van der Waals surface area (Å²) in [5, 5.41) is 10.9. The smallest absolute Gasteiger partial charge is 0.251 e. The molecular formula is C27H28N6O3. The molecule has 0 radical (unpaired) electrons. The van der Waals surface area contributed by atoms with E-state index in [1.54, 1.807) is 4.52 Å². The van der Waals surface area contributed by atoms with Gasteiger partial charge >= 0.3 is 0 Å². The summed E-state index contributed by atoms with van der Waals surface area (Å²) in [7, 11) is 0. The largest absolute Gasteiger partial charge is 0.486 e. The summed E-state index contributed by atoms with van der Waals surface area (Å²) in [4.78, 5) is 19.7. The zero-order chi connectivity index (χ0) is 24.3. The van der Waals surface area contributed by atoms with Crippen LogP contribution < -0.4 is 20.1 Å². The van der Waals surface area contributed by atoms with Crippen LogP contribution in [0.4, 0.5) is 11.6 Å². The van der Waals surface area contributed by atoms with Gasteiger partial charge in [-0.25, -0.2) is 4.52 Å². The highest BCUT2D eigenvalue weighted by Gasteiger charge is 2.16. The van der Waals surface area contributed by atoms with Crippen LogP contribution in [0.15, 0.2) is 60.7 Å². The molecule has 0 unspecified atom stereocenters. The molecule has 9 heteroatoms. The van der Waals surface area contributed by atoms with Gasteiger partial charge in [-0.1, -0.05) is 12.1 Å². The molecule has 1 fully saturated rings. The quantitative estimate of drug-likeness (QED) is 0.413. The van der Waals surface area contributed by atoms with E-state index in [2.05, 4.69) is 25.6 Å². The molecule has 0 atom stereocenters. The van der Waals surface area contributed by atoms with Gasteiger partial charge in [0.05, 0.1) is 5.69 Å². The standard InChI is InChI=1S/C27H28N6O3/c34-26(28-11-14-32-12-1-2-13-32)20-5-3-6-21(17-20)29-27-30-25-8-4-7-22(33(25)31-27)19-9-10-23-24(18-19)36-16-15-35-23/h3-10,17-18H,1-2,11-16H2,(H,28,34)(H,29,31). The van der Waals surface area contributed by atoms with Gasteiger partial charge in [-0.3, -0.25) is 4.79 Å². The zero-order valence-corrected chi connectivity index (χ0v) is 19.9. The monoisotopic (exact) mass is 484 g/mol. The minimum atomic E-state index is -0.0818. The number of fused-ring (bicyclic) bond motifs is 2. The van der Waals surface area contributed by atoms with Crippen LogP contribution in [-0.2, 0) is 0 Å². The molecule has 184 valence electrons. The number of anilines is 2. The zero-order valence-electron chi connectivity index (χ0n) is 19.9. The maximum atomic E-state index is 12.7. The predicted molar refractivity (Wildman–Crippen MR) is 137 cm³/mol. The molecule has 2 aliphatic heterocycles. The molecular weight excluding hydrogens is 456 g/mol. The minimum Gasteiger partial charge on any atom is -0.486 e. The van der Waals surface area contributed by atoms with E-state index in [-0.39, 0.29) is 5.91 Å². The first-order valence-electron chi connectivity index (χ1n) is 12.4. The summed E-state index contributed by atoms with van der Waals surface area (Å²) in [5.41, 5.74) is 3.90. The Labute approximate surface area is 209 Å². The van der Waals surface area contributed by atoms with E-state index in [1.165, 1.54) is 12.8 Å². The number of carbonyl (C=O) groups excluding carboxylic acids is 1. The van der Waals surface area contributed by atoms with E-state index in [9.17, 15) is 4.79 Å². The maximum absolute atomic E-state index is 12.7. The average molecular weight is 485 g/mol. The number of aromatic nitrogens is 3. The van der Waals surface area contributed by atoms with Gasteiger partial charge in [0.1, 0.15) is 13.2 Å². The van der Waals surface area contributed by atoms with Crippen molar-refractivity contribution in [2.24, 2.45) is 0 Å². The third-order valence-electron chi connectivity index (χ3n) is 6.49. The second kappa shape index (κ2) is 9.87. The molecule has 0 aliphatic carbocycles. The van der Waals surface area contributed by atoms with E-state index in [0.29, 0.717) is 36.9 Å². The Hall–Kier alpha value is -4.11. The van der Waals surface area contributed by atoms with Crippen molar-refractivity contribution in [3.8, 4) is 22.8 Å². The lowest BCUT2D eigenvalue weighted by molar-refractivity contribution is 0.0950. The molecule has 4 aromatic rings. The fourth-order valence-corrected chi connectivity index (χ4v) is 4.68. The second-order valence-electron chi connectivity index (χ2n) is 8.99. The molecule has 0 saturated carbocycles. The summed E-state index contributed by atoms with van der Waals surface area (Å²) in [6, 6.07) is 19.1. The number of nitrogens with zero attached hydrogens (tertiary/aromatic N) is 4. The molecule has 0 spiro atoms. The SMILES string of the molecule is O=C(NCCN1CCCC1)c1cccc(Nc2nc3cccc(-c4ccc5c(c4)OCCO5)n3n2)c1. The minimum absolute atomic E-state index is 0.0818. The van der Waals surface area contributed by atoms with E-state index in [1.807, 2.05) is 60.7 Å². The Morgan fingerprint density at radius 2 is 1.78 bits per heavy atom. The van der Waals surface area contributed by atoms with E-state index in [4.69, 9.17) is 9.47 Å². The number of nitrogens with one attached hydrogen (secondary N) is 2. The number of hydrogen-bond donors (Lipinski definition) is 2. The van der Waals surface area contributed by atoms with E-state index in [0.717, 1.165) is 48.1 Å². The number of rotatable bonds is 7. The van der Waals surface area contributed by atoms with Gasteiger partial charge in [0.2, 0.25) is 5.95 Å². The van der Waals surface area contributed by atoms with Crippen LogP contribution in [-0.4, -0.2) is 64.8 Å². The number of carbonyl (C=O) groups is 1. The normalized spacial score (nSPS) is 15.2. The van der Waals surface area contributed by atoms with Crippen molar-refractivity contribution in [1.82, 2.24) is 24.8 Å². The van der Waals surface area contributed by atoms with Crippen LogP contribution in [0.25, 0.3) is 16.9 Å². The molecule has 0 bridgehead atoms. The van der Waals surface area contributed by atoms with Crippen LogP contribution in [0.2, 0.25) is 0 Å². The highest BCUT2D eigenvalue weighted by atomic mass is 16.6. The van der Waals surface area contributed by atoms with Gasteiger partial charge in [-0.05, 0) is 74.5 Å². The molecule has 1 saturated heterocycles. The molecule has 6 rings (SSSR count). The number of benzene rings is 2. The van der Waals surface area contributed by atoms with E-state index < -0.39 is 0 Å². The number of amides is 1. The van der Waals surface area contributed by atoms with Crippen LogP contribution in [0.3, 0.4) is 0 Å². The number of pyridine rings is 1. The van der Waals surface area contributed by atoms with Gasteiger partial charge in [0.25, 0.3) is 5.91 Å². The van der Waals surface area contributed by atoms with Crippen molar-refractivity contribution in [2.45, 2.75) is 12.8 Å². The lowest BCUT2D eigenvalue weighted by Gasteiger charge is -2.19. The molecule has 4 heterocycles. The Balaban J connectivity index is 1.18. The van der Waals surface area contributed by atoms with Crippen LogP contribution in [0.1, 0.15) is 23.2 Å². The fourth-order valence-electron chi connectivity index (χ4n) is 4.68. The first-order valence-corrected chi connectivity index (χ1v) is 12.4. The number of hydrogen-bond acceptors (Lipinski definition) is 7. The first kappa shape index (κ1) is 22.4. The summed E-state index contributed by atoms with van der Waals surface area (Å²) < 4.78 is 13.2.